The number of carboxylic acids is 1. The number of halogens is 1. The molecular weight excluding hydrogens is 202 g/mol. The van der Waals surface area contributed by atoms with Crippen molar-refractivity contribution in [3.63, 3.8) is 0 Å². The number of aliphatic carboxylic acids is 1. The Hall–Kier alpha value is -1.35. The SMILES string of the molecule is O=C(O)C1=CC[n+]2ccccc2C1.[Cl-]. The number of allylic oxidation sites excluding steroid dienone is 1. The van der Waals surface area contributed by atoms with Gasteiger partial charge in [-0.3, -0.25) is 0 Å². The molecule has 3 nitrogen and oxygen atoms in total. The molecule has 14 heavy (non-hydrogen) atoms. The largest absolute Gasteiger partial charge is 1.00 e. The van der Waals surface area contributed by atoms with E-state index in [0.717, 1.165) is 5.69 Å². The first-order chi connectivity index (χ1) is 6.27. The third-order valence-electron chi connectivity index (χ3n) is 2.22. The number of rotatable bonds is 1. The van der Waals surface area contributed by atoms with Crippen molar-refractivity contribution in [2.24, 2.45) is 0 Å². The van der Waals surface area contributed by atoms with E-state index in [1.807, 2.05) is 29.0 Å². The Bertz CT molecular complexity index is 387. The van der Waals surface area contributed by atoms with Crippen LogP contribution < -0.4 is 17.0 Å². The van der Waals surface area contributed by atoms with Gasteiger partial charge in [-0.2, -0.15) is 4.57 Å². The summed E-state index contributed by atoms with van der Waals surface area (Å²) in [5.74, 6) is -0.810. The molecule has 74 valence electrons. The van der Waals surface area contributed by atoms with Gasteiger partial charge in [-0.25, -0.2) is 4.79 Å². The van der Waals surface area contributed by atoms with E-state index in [0.29, 0.717) is 18.5 Å². The van der Waals surface area contributed by atoms with Gasteiger partial charge >= 0.3 is 5.97 Å². The standard InChI is InChI=1S/C10H9NO2.ClH/c12-10(13)8-4-6-11-5-2-1-3-9(11)7-8;/h1-5H,6-7H2;1H. The van der Waals surface area contributed by atoms with Crippen LogP contribution in [0.15, 0.2) is 36.0 Å². The van der Waals surface area contributed by atoms with Crippen LogP contribution in [0.5, 0.6) is 0 Å². The maximum Gasteiger partial charge on any atom is 0.332 e. The summed E-state index contributed by atoms with van der Waals surface area (Å²) < 4.78 is 2.05. The fraction of sp³-hybridized carbons (Fsp3) is 0.200. The van der Waals surface area contributed by atoms with Crippen LogP contribution in [0.25, 0.3) is 0 Å². The van der Waals surface area contributed by atoms with Gasteiger partial charge in [0, 0.05) is 17.7 Å². The first kappa shape index (κ1) is 10.7. The average Bonchev–Trinajstić information content (AvgIpc) is 2.17. The summed E-state index contributed by atoms with van der Waals surface area (Å²) in [5.41, 5.74) is 1.55. The van der Waals surface area contributed by atoms with Gasteiger partial charge in [0.2, 0.25) is 0 Å². The van der Waals surface area contributed by atoms with Crippen LogP contribution in [0.1, 0.15) is 5.69 Å². The van der Waals surface area contributed by atoms with E-state index in [-0.39, 0.29) is 12.4 Å². The Morgan fingerprint density at radius 1 is 1.43 bits per heavy atom. The van der Waals surface area contributed by atoms with Crippen molar-refractivity contribution in [3.05, 3.63) is 41.7 Å². The predicted molar refractivity (Wildman–Crippen MR) is 46.1 cm³/mol. The number of hydrogen-bond acceptors (Lipinski definition) is 1. The van der Waals surface area contributed by atoms with Gasteiger partial charge in [-0.1, -0.05) is 6.07 Å². The first-order valence-electron chi connectivity index (χ1n) is 4.17. The molecule has 0 atom stereocenters. The summed E-state index contributed by atoms with van der Waals surface area (Å²) in [6.07, 6.45) is 4.25. The highest BCUT2D eigenvalue weighted by Crippen LogP contribution is 2.08. The Balaban J connectivity index is 0.000000980. The Morgan fingerprint density at radius 3 is 2.93 bits per heavy atom. The lowest BCUT2D eigenvalue weighted by molar-refractivity contribution is -0.695. The van der Waals surface area contributed by atoms with E-state index in [1.54, 1.807) is 6.08 Å². The molecule has 1 aromatic rings. The summed E-state index contributed by atoms with van der Waals surface area (Å²) >= 11 is 0. The second-order valence-electron chi connectivity index (χ2n) is 3.06. The number of hydrogen-bond donors (Lipinski definition) is 1. The van der Waals surface area contributed by atoms with E-state index in [4.69, 9.17) is 5.11 Å². The molecule has 0 radical (unpaired) electrons. The first-order valence-corrected chi connectivity index (χ1v) is 4.17. The number of carboxylic acid groups (broad SMARTS) is 1. The fourth-order valence-electron chi connectivity index (χ4n) is 1.49. The van der Waals surface area contributed by atoms with Crippen molar-refractivity contribution < 1.29 is 26.9 Å². The lowest BCUT2D eigenvalue weighted by Crippen LogP contribution is -3.00. The van der Waals surface area contributed by atoms with Crippen molar-refractivity contribution in [3.8, 4) is 0 Å². The van der Waals surface area contributed by atoms with Gasteiger partial charge in [0.15, 0.2) is 18.4 Å². The Labute approximate surface area is 88.1 Å². The number of aromatic nitrogens is 1. The molecule has 0 saturated heterocycles. The highest BCUT2D eigenvalue weighted by molar-refractivity contribution is 5.86. The highest BCUT2D eigenvalue weighted by Gasteiger charge is 2.20. The molecular formula is C10H10ClNO2. The molecule has 1 N–H and O–H groups in total. The lowest BCUT2D eigenvalue weighted by Gasteiger charge is -2.07. The topological polar surface area (TPSA) is 41.2 Å². The van der Waals surface area contributed by atoms with Crippen molar-refractivity contribution in [2.75, 3.05) is 0 Å². The van der Waals surface area contributed by atoms with Crippen molar-refractivity contribution in [2.45, 2.75) is 13.0 Å². The van der Waals surface area contributed by atoms with Crippen LogP contribution in [0, 0.1) is 0 Å². The molecule has 0 fully saturated rings. The monoisotopic (exact) mass is 211 g/mol. The maximum atomic E-state index is 10.7. The van der Waals surface area contributed by atoms with Crippen LogP contribution in [-0.2, 0) is 17.8 Å². The molecule has 1 aliphatic rings. The van der Waals surface area contributed by atoms with Crippen molar-refractivity contribution >= 4 is 5.97 Å². The molecule has 1 aromatic heterocycles. The predicted octanol–water partition coefficient (Wildman–Crippen LogP) is -2.45. The number of fused-ring (bicyclic) bond motifs is 1. The molecule has 0 aromatic carbocycles. The van der Waals surface area contributed by atoms with Crippen molar-refractivity contribution in [1.29, 1.82) is 0 Å². The third-order valence-corrected chi connectivity index (χ3v) is 2.22. The molecule has 0 spiro atoms. The van der Waals surface area contributed by atoms with E-state index < -0.39 is 5.97 Å². The zero-order chi connectivity index (χ0) is 9.26. The zero-order valence-corrected chi connectivity index (χ0v) is 8.24. The van der Waals surface area contributed by atoms with Crippen LogP contribution >= 0.6 is 0 Å². The summed E-state index contributed by atoms with van der Waals surface area (Å²) in [6, 6.07) is 5.83. The van der Waals surface area contributed by atoms with Gasteiger partial charge in [0.05, 0.1) is 6.42 Å². The van der Waals surface area contributed by atoms with Crippen LogP contribution in [-0.4, -0.2) is 11.1 Å². The van der Waals surface area contributed by atoms with E-state index in [9.17, 15) is 4.79 Å². The molecule has 0 bridgehead atoms. The second-order valence-corrected chi connectivity index (χ2v) is 3.06. The van der Waals surface area contributed by atoms with Crippen molar-refractivity contribution in [1.82, 2.24) is 0 Å². The van der Waals surface area contributed by atoms with E-state index in [2.05, 4.69) is 0 Å². The van der Waals surface area contributed by atoms with Crippen LogP contribution in [0.4, 0.5) is 0 Å². The van der Waals surface area contributed by atoms with E-state index >= 15 is 0 Å². The number of carbonyl (C=O) groups is 1. The molecule has 0 amide bonds. The van der Waals surface area contributed by atoms with Crippen LogP contribution in [0.2, 0.25) is 0 Å². The van der Waals surface area contributed by atoms with Crippen LogP contribution in [0.3, 0.4) is 0 Å². The molecule has 2 rings (SSSR count). The normalized spacial score (nSPS) is 13.6. The van der Waals surface area contributed by atoms with Gasteiger partial charge in [0.1, 0.15) is 0 Å². The minimum absolute atomic E-state index is 0. The molecule has 2 heterocycles. The zero-order valence-electron chi connectivity index (χ0n) is 7.48. The summed E-state index contributed by atoms with van der Waals surface area (Å²) in [6.45, 7) is 0.664. The second kappa shape index (κ2) is 4.24. The summed E-state index contributed by atoms with van der Waals surface area (Å²) in [7, 11) is 0. The maximum absolute atomic E-state index is 10.7. The fourth-order valence-corrected chi connectivity index (χ4v) is 1.49. The molecule has 0 unspecified atom stereocenters. The number of pyridine rings is 1. The summed E-state index contributed by atoms with van der Waals surface area (Å²) in [4.78, 5) is 10.7. The molecule has 4 heteroatoms. The third kappa shape index (κ3) is 1.93. The van der Waals surface area contributed by atoms with Gasteiger partial charge in [-0.05, 0) is 6.08 Å². The average molecular weight is 212 g/mol. The van der Waals surface area contributed by atoms with Gasteiger partial charge < -0.3 is 17.5 Å². The Morgan fingerprint density at radius 2 is 2.21 bits per heavy atom. The highest BCUT2D eigenvalue weighted by atomic mass is 35.5. The molecule has 0 aliphatic carbocycles. The minimum Gasteiger partial charge on any atom is -1.00 e. The van der Waals surface area contributed by atoms with Gasteiger partial charge in [0.25, 0.3) is 0 Å². The van der Waals surface area contributed by atoms with E-state index in [1.165, 1.54) is 0 Å². The number of nitrogens with zero attached hydrogens (tertiary/aromatic N) is 1. The minimum atomic E-state index is -0.810. The molecule has 1 aliphatic heterocycles. The Kier molecular flexibility index (Phi) is 3.25. The van der Waals surface area contributed by atoms with Gasteiger partial charge in [-0.15, -0.1) is 0 Å². The quantitative estimate of drug-likeness (QED) is 0.524. The summed E-state index contributed by atoms with van der Waals surface area (Å²) in [5, 5.41) is 8.79. The smallest absolute Gasteiger partial charge is 0.332 e. The molecule has 0 saturated carbocycles. The lowest BCUT2D eigenvalue weighted by atomic mass is 10.1.